The Morgan fingerprint density at radius 1 is 1.16 bits per heavy atom. The molecule has 0 aliphatic carbocycles. The summed E-state index contributed by atoms with van der Waals surface area (Å²) in [7, 11) is 0. The molecule has 0 unspecified atom stereocenters. The van der Waals surface area contributed by atoms with Crippen molar-refractivity contribution in [1.29, 1.82) is 0 Å². The van der Waals surface area contributed by atoms with Crippen LogP contribution in [0.2, 0.25) is 0 Å². The number of thioether (sulfide) groups is 1. The lowest BCUT2D eigenvalue weighted by Crippen LogP contribution is -2.14. The molecule has 0 saturated heterocycles. The third kappa shape index (κ3) is 4.68. The molecule has 0 spiro atoms. The summed E-state index contributed by atoms with van der Waals surface area (Å²) in [5.74, 6) is 0.0811. The van der Waals surface area contributed by atoms with Gasteiger partial charge in [-0.15, -0.1) is 5.10 Å². The fourth-order valence-corrected chi connectivity index (χ4v) is 3.33. The molecule has 0 aliphatic rings. The van der Waals surface area contributed by atoms with Crippen molar-refractivity contribution in [3.05, 3.63) is 57.0 Å². The van der Waals surface area contributed by atoms with E-state index in [-0.39, 0.29) is 11.7 Å². The average molecular weight is 483 g/mol. The molecule has 0 saturated carbocycles. The van der Waals surface area contributed by atoms with Crippen LogP contribution in [0, 0.1) is 6.92 Å². The molecule has 1 heterocycles. The number of rotatable bonds is 5. The number of hydrogen-bond acceptors (Lipinski definition) is 5. The van der Waals surface area contributed by atoms with Crippen LogP contribution in [0.1, 0.15) is 5.56 Å². The van der Waals surface area contributed by atoms with Crippen molar-refractivity contribution in [3.63, 3.8) is 0 Å². The minimum absolute atomic E-state index is 0.127. The molecule has 3 rings (SSSR count). The van der Waals surface area contributed by atoms with Gasteiger partial charge in [0.1, 0.15) is 0 Å². The predicted octanol–water partition coefficient (Wildman–Crippen LogP) is 4.23. The zero-order valence-corrected chi connectivity index (χ0v) is 17.1. The molecule has 9 heteroatoms. The Morgan fingerprint density at radius 3 is 2.64 bits per heavy atom. The van der Waals surface area contributed by atoms with Gasteiger partial charge in [-0.05, 0) is 79.5 Å². The minimum Gasteiger partial charge on any atom is -0.325 e. The summed E-state index contributed by atoms with van der Waals surface area (Å²) in [6.07, 6.45) is 0. The number of amides is 1. The molecule has 1 N–H and O–H groups in total. The molecule has 2 aromatic carbocycles. The molecule has 25 heavy (non-hydrogen) atoms. The molecule has 0 bridgehead atoms. The second-order valence-electron chi connectivity index (χ2n) is 5.17. The van der Waals surface area contributed by atoms with Crippen molar-refractivity contribution in [3.8, 4) is 5.69 Å². The van der Waals surface area contributed by atoms with Crippen LogP contribution in [0.25, 0.3) is 5.69 Å². The van der Waals surface area contributed by atoms with Gasteiger partial charge in [-0.3, -0.25) is 4.79 Å². The number of halogens is 2. The van der Waals surface area contributed by atoms with Gasteiger partial charge in [-0.1, -0.05) is 29.5 Å². The van der Waals surface area contributed by atoms with E-state index in [1.54, 1.807) is 4.68 Å². The molecular formula is C16H13Br2N5OS. The number of aromatic nitrogens is 4. The van der Waals surface area contributed by atoms with Gasteiger partial charge in [0.2, 0.25) is 11.1 Å². The second kappa shape index (κ2) is 8.11. The van der Waals surface area contributed by atoms with Gasteiger partial charge < -0.3 is 5.32 Å². The van der Waals surface area contributed by atoms with E-state index in [4.69, 9.17) is 0 Å². The molecule has 128 valence electrons. The highest BCUT2D eigenvalue weighted by atomic mass is 79.9. The lowest BCUT2D eigenvalue weighted by atomic mass is 10.2. The predicted molar refractivity (Wildman–Crippen MR) is 105 cm³/mol. The van der Waals surface area contributed by atoms with Crippen molar-refractivity contribution < 1.29 is 4.79 Å². The molecule has 6 nitrogen and oxygen atoms in total. The maximum absolute atomic E-state index is 12.2. The standard InChI is InChI=1S/C16H13Br2N5OS/c1-10-2-5-12(6-3-10)23-16(20-21-22-23)25-9-15(24)19-11-4-7-13(17)14(18)8-11/h2-8H,9H2,1H3,(H,19,24). The van der Waals surface area contributed by atoms with Crippen LogP contribution in [0.5, 0.6) is 0 Å². The number of carbonyl (C=O) groups excluding carboxylic acids is 1. The Morgan fingerprint density at radius 2 is 1.92 bits per heavy atom. The van der Waals surface area contributed by atoms with Gasteiger partial charge in [0.25, 0.3) is 0 Å². The monoisotopic (exact) mass is 481 g/mol. The number of carbonyl (C=O) groups is 1. The van der Waals surface area contributed by atoms with Gasteiger partial charge >= 0.3 is 0 Å². The Kier molecular flexibility index (Phi) is 5.87. The van der Waals surface area contributed by atoms with Gasteiger partial charge in [-0.25, -0.2) is 0 Å². The summed E-state index contributed by atoms with van der Waals surface area (Å²) < 4.78 is 3.42. The lowest BCUT2D eigenvalue weighted by molar-refractivity contribution is -0.113. The number of benzene rings is 2. The zero-order chi connectivity index (χ0) is 17.8. The molecule has 0 radical (unpaired) electrons. The van der Waals surface area contributed by atoms with Crippen LogP contribution < -0.4 is 5.32 Å². The maximum atomic E-state index is 12.2. The first kappa shape index (κ1) is 18.1. The topological polar surface area (TPSA) is 72.7 Å². The van der Waals surface area contributed by atoms with Crippen molar-refractivity contribution in [2.75, 3.05) is 11.1 Å². The molecule has 3 aromatic rings. The summed E-state index contributed by atoms with van der Waals surface area (Å²) in [5.41, 5.74) is 2.74. The van der Waals surface area contributed by atoms with Crippen LogP contribution in [0.15, 0.2) is 56.6 Å². The third-order valence-electron chi connectivity index (χ3n) is 3.26. The van der Waals surface area contributed by atoms with Gasteiger partial charge in [0.15, 0.2) is 0 Å². The van der Waals surface area contributed by atoms with Crippen molar-refractivity contribution in [1.82, 2.24) is 20.2 Å². The van der Waals surface area contributed by atoms with E-state index >= 15 is 0 Å². The third-order valence-corrected chi connectivity index (χ3v) is 6.05. The van der Waals surface area contributed by atoms with Crippen molar-refractivity contribution in [2.24, 2.45) is 0 Å². The number of tetrazole rings is 1. The number of nitrogens with zero attached hydrogens (tertiary/aromatic N) is 4. The maximum Gasteiger partial charge on any atom is 0.234 e. The molecule has 0 fully saturated rings. The van der Waals surface area contributed by atoms with Crippen molar-refractivity contribution >= 4 is 55.2 Å². The minimum atomic E-state index is -0.127. The summed E-state index contributed by atoms with van der Waals surface area (Å²) in [5, 5.41) is 15.1. The number of aryl methyl sites for hydroxylation is 1. The normalized spacial score (nSPS) is 10.7. The van der Waals surface area contributed by atoms with Gasteiger partial charge in [0, 0.05) is 14.6 Å². The fourth-order valence-electron chi connectivity index (χ4n) is 2.02. The lowest BCUT2D eigenvalue weighted by Gasteiger charge is -2.07. The van der Waals surface area contributed by atoms with Crippen molar-refractivity contribution in [2.45, 2.75) is 12.1 Å². The fraction of sp³-hybridized carbons (Fsp3) is 0.125. The highest BCUT2D eigenvalue weighted by Crippen LogP contribution is 2.26. The smallest absolute Gasteiger partial charge is 0.234 e. The number of hydrogen-bond donors (Lipinski definition) is 1. The zero-order valence-electron chi connectivity index (χ0n) is 13.1. The highest BCUT2D eigenvalue weighted by molar-refractivity contribution is 9.13. The van der Waals surface area contributed by atoms with E-state index in [9.17, 15) is 4.79 Å². The number of anilines is 1. The molecule has 1 amide bonds. The Balaban J connectivity index is 1.64. The molecule has 0 aliphatic heterocycles. The van der Waals surface area contributed by atoms with E-state index in [1.165, 1.54) is 11.8 Å². The molecule has 0 atom stereocenters. The highest BCUT2D eigenvalue weighted by Gasteiger charge is 2.12. The van der Waals surface area contributed by atoms with Gasteiger partial charge in [0.05, 0.1) is 11.4 Å². The molecular weight excluding hydrogens is 470 g/mol. The van der Waals surface area contributed by atoms with Crippen LogP contribution in [0.4, 0.5) is 5.69 Å². The van der Waals surface area contributed by atoms with E-state index in [1.807, 2.05) is 49.4 Å². The summed E-state index contributed by atoms with van der Waals surface area (Å²) in [6, 6.07) is 13.4. The van der Waals surface area contributed by atoms with E-state index in [0.29, 0.717) is 5.16 Å². The first-order valence-electron chi connectivity index (χ1n) is 7.26. The van der Waals surface area contributed by atoms with E-state index in [0.717, 1.165) is 25.9 Å². The summed E-state index contributed by atoms with van der Waals surface area (Å²) in [4.78, 5) is 12.2. The van der Waals surface area contributed by atoms with Crippen LogP contribution in [-0.2, 0) is 4.79 Å². The largest absolute Gasteiger partial charge is 0.325 e. The first-order chi connectivity index (χ1) is 12.0. The summed E-state index contributed by atoms with van der Waals surface area (Å²) in [6.45, 7) is 2.02. The van der Waals surface area contributed by atoms with E-state index in [2.05, 4.69) is 52.7 Å². The van der Waals surface area contributed by atoms with E-state index < -0.39 is 0 Å². The second-order valence-corrected chi connectivity index (χ2v) is 7.83. The molecule has 1 aromatic heterocycles. The van der Waals surface area contributed by atoms with Gasteiger partial charge in [-0.2, -0.15) is 4.68 Å². The Bertz CT molecular complexity index is 898. The number of nitrogens with one attached hydrogen (secondary N) is 1. The van der Waals surface area contributed by atoms with Crippen LogP contribution >= 0.6 is 43.6 Å². The van der Waals surface area contributed by atoms with Crippen LogP contribution in [-0.4, -0.2) is 31.9 Å². The average Bonchev–Trinajstić information content (AvgIpc) is 3.06. The summed E-state index contributed by atoms with van der Waals surface area (Å²) >= 11 is 8.09. The SMILES string of the molecule is Cc1ccc(-n2nnnc2SCC(=O)Nc2ccc(Br)c(Br)c2)cc1. The Labute approximate surface area is 165 Å². The van der Waals surface area contributed by atoms with Crippen LogP contribution in [0.3, 0.4) is 0 Å². The quantitative estimate of drug-likeness (QED) is 0.551. The first-order valence-corrected chi connectivity index (χ1v) is 9.83. The Hall–Kier alpha value is -1.71.